The molecule has 16 nitrogen and oxygen atoms in total. The van der Waals surface area contributed by atoms with Gasteiger partial charge in [-0.25, -0.2) is 0 Å². The Morgan fingerprint density at radius 2 is 1.47 bits per heavy atom. The first-order valence-electron chi connectivity index (χ1n) is 17.0. The van der Waals surface area contributed by atoms with E-state index in [1.807, 2.05) is 12.1 Å². The second kappa shape index (κ2) is 17.8. The Balaban J connectivity index is 1.51. The third-order valence-corrected chi connectivity index (χ3v) is 9.44. The van der Waals surface area contributed by atoms with Gasteiger partial charge >= 0.3 is 0 Å². The average Bonchev–Trinajstić information content (AvgIpc) is 3.55. The van der Waals surface area contributed by atoms with E-state index >= 15 is 0 Å². The molecule has 16 heteroatoms. The topological polar surface area (TPSA) is 236 Å². The number of rotatable bonds is 17. The van der Waals surface area contributed by atoms with Crippen molar-refractivity contribution in [3.05, 3.63) is 64.7 Å². The Kier molecular flexibility index (Phi) is 13.5. The van der Waals surface area contributed by atoms with Crippen molar-refractivity contribution in [2.24, 2.45) is 0 Å². The number of benzene rings is 3. The molecule has 0 aromatic heterocycles. The number of hydrogen-bond donors (Lipinski definition) is 8. The SMILES string of the molecule is COc1cc([C@@H](O)[C@@H](CO)Oc2c(OC)cc([C@H]3Oc4c(OC)cc(CCCO)cc4[C@H]3CO[C@@H]3O[C@H](CO)[C@@H](O)[C@H](O)[C@H]3O)cc2OC)ccc1O. The summed E-state index contributed by atoms with van der Waals surface area (Å²) in [6.07, 6.45) is -9.78. The molecule has 5 rings (SSSR count). The molecule has 0 aliphatic carbocycles. The standard InChI is InChI=1S/C37H48O16/c1-46-24-12-19(7-8-23(24)41)30(42)28(15-39)51-36-26(48-3)13-20(14-27(36)49-4)34-22(17-50-37-33(45)32(44)31(43)29(16-40)52-37)21-10-18(6-5-9-38)11-25(47-2)35(21)53-34/h7-8,10-14,22,28-34,37-45H,5-6,9,15-17H2,1-4H3/t22-,28-,29-,30-,31-,32+,33-,34-,37-/m1/s1. The molecule has 0 amide bonds. The van der Waals surface area contributed by atoms with Crippen LogP contribution in [0.4, 0.5) is 0 Å². The number of aryl methyl sites for hydroxylation is 1. The van der Waals surface area contributed by atoms with Gasteiger partial charge in [-0.05, 0) is 54.3 Å². The zero-order valence-electron chi connectivity index (χ0n) is 29.8. The summed E-state index contributed by atoms with van der Waals surface area (Å²) in [7, 11) is 5.68. The van der Waals surface area contributed by atoms with Gasteiger partial charge in [0.05, 0.1) is 54.2 Å². The number of aromatic hydroxyl groups is 1. The fourth-order valence-corrected chi connectivity index (χ4v) is 6.54. The first kappa shape index (κ1) is 40.1. The predicted octanol–water partition coefficient (Wildman–Crippen LogP) is 0.859. The van der Waals surface area contributed by atoms with Crippen LogP contribution in [0.1, 0.15) is 46.8 Å². The average molecular weight is 749 g/mol. The molecule has 2 heterocycles. The van der Waals surface area contributed by atoms with Crippen molar-refractivity contribution < 1.29 is 78.7 Å². The van der Waals surface area contributed by atoms with Crippen molar-refractivity contribution in [1.29, 1.82) is 0 Å². The van der Waals surface area contributed by atoms with Crippen LogP contribution in [0.5, 0.6) is 40.2 Å². The van der Waals surface area contributed by atoms with Crippen LogP contribution in [0.3, 0.4) is 0 Å². The highest BCUT2D eigenvalue weighted by molar-refractivity contribution is 5.59. The molecule has 0 bridgehead atoms. The van der Waals surface area contributed by atoms with E-state index in [-0.39, 0.29) is 42.0 Å². The van der Waals surface area contributed by atoms with Crippen molar-refractivity contribution in [1.82, 2.24) is 0 Å². The van der Waals surface area contributed by atoms with Crippen LogP contribution in [0.15, 0.2) is 42.5 Å². The molecule has 0 spiro atoms. The number of ether oxygens (including phenoxy) is 8. The van der Waals surface area contributed by atoms with Crippen LogP contribution >= 0.6 is 0 Å². The molecular weight excluding hydrogens is 700 g/mol. The molecule has 3 aromatic carbocycles. The van der Waals surface area contributed by atoms with E-state index in [0.717, 1.165) is 5.56 Å². The number of hydrogen-bond acceptors (Lipinski definition) is 16. The fraction of sp³-hybridized carbons (Fsp3) is 0.514. The fourth-order valence-electron chi connectivity index (χ4n) is 6.54. The number of fused-ring (bicyclic) bond motifs is 1. The summed E-state index contributed by atoms with van der Waals surface area (Å²) in [6.45, 7) is -1.41. The molecule has 0 unspecified atom stereocenters. The van der Waals surface area contributed by atoms with E-state index in [9.17, 15) is 40.9 Å². The first-order chi connectivity index (χ1) is 25.5. The van der Waals surface area contributed by atoms with Crippen molar-refractivity contribution in [3.63, 3.8) is 0 Å². The molecule has 292 valence electrons. The second-order valence-electron chi connectivity index (χ2n) is 12.7. The molecule has 9 atom stereocenters. The van der Waals surface area contributed by atoms with E-state index in [1.165, 1.54) is 46.6 Å². The lowest BCUT2D eigenvalue weighted by Gasteiger charge is -2.40. The third-order valence-electron chi connectivity index (χ3n) is 9.44. The maximum Gasteiger partial charge on any atom is 0.204 e. The Hall–Kier alpha value is -4.10. The van der Waals surface area contributed by atoms with E-state index < -0.39 is 68.1 Å². The van der Waals surface area contributed by atoms with E-state index in [1.54, 1.807) is 12.1 Å². The van der Waals surface area contributed by atoms with Crippen LogP contribution in [-0.4, -0.2) is 133 Å². The molecule has 2 aliphatic rings. The Morgan fingerprint density at radius 1 is 0.792 bits per heavy atom. The lowest BCUT2D eigenvalue weighted by atomic mass is 9.89. The van der Waals surface area contributed by atoms with Gasteiger partial charge < -0.3 is 78.7 Å². The number of phenols is 1. The minimum absolute atomic E-state index is 0.0204. The first-order valence-corrected chi connectivity index (χ1v) is 17.0. The number of methoxy groups -OCH3 is 4. The Morgan fingerprint density at radius 3 is 2.08 bits per heavy atom. The zero-order valence-corrected chi connectivity index (χ0v) is 29.8. The zero-order chi connectivity index (χ0) is 38.4. The lowest BCUT2D eigenvalue weighted by molar-refractivity contribution is -0.302. The summed E-state index contributed by atoms with van der Waals surface area (Å²) in [5, 5.41) is 82.0. The molecule has 0 saturated carbocycles. The van der Waals surface area contributed by atoms with Crippen molar-refractivity contribution in [2.45, 2.75) is 67.8 Å². The summed E-state index contributed by atoms with van der Waals surface area (Å²) < 4.78 is 46.6. The van der Waals surface area contributed by atoms with E-state index in [2.05, 4.69) is 0 Å². The summed E-state index contributed by atoms with van der Waals surface area (Å²) in [5.74, 6) is 0.621. The molecular formula is C37H48O16. The Bertz CT molecular complexity index is 1640. The van der Waals surface area contributed by atoms with Crippen LogP contribution in [-0.2, 0) is 15.9 Å². The predicted molar refractivity (Wildman–Crippen MR) is 185 cm³/mol. The summed E-state index contributed by atoms with van der Waals surface area (Å²) >= 11 is 0. The minimum Gasteiger partial charge on any atom is -0.504 e. The van der Waals surface area contributed by atoms with Crippen LogP contribution < -0.4 is 28.4 Å². The van der Waals surface area contributed by atoms with Crippen LogP contribution in [0, 0.1) is 0 Å². The summed E-state index contributed by atoms with van der Waals surface area (Å²) in [6, 6.07) is 11.2. The largest absolute Gasteiger partial charge is 0.504 e. The molecule has 8 N–H and O–H groups in total. The van der Waals surface area contributed by atoms with Gasteiger partial charge in [0.2, 0.25) is 5.75 Å². The quantitative estimate of drug-likeness (QED) is 0.0956. The maximum atomic E-state index is 11.2. The summed E-state index contributed by atoms with van der Waals surface area (Å²) in [4.78, 5) is 0. The van der Waals surface area contributed by atoms with Gasteiger partial charge in [-0.2, -0.15) is 0 Å². The van der Waals surface area contributed by atoms with Crippen LogP contribution in [0.25, 0.3) is 0 Å². The van der Waals surface area contributed by atoms with E-state index in [0.29, 0.717) is 41.0 Å². The van der Waals surface area contributed by atoms with Gasteiger partial charge in [0.15, 0.2) is 46.9 Å². The van der Waals surface area contributed by atoms with E-state index in [4.69, 9.17) is 37.9 Å². The Labute approximate surface area is 306 Å². The minimum atomic E-state index is -1.64. The molecule has 2 aliphatic heterocycles. The van der Waals surface area contributed by atoms with Gasteiger partial charge in [-0.15, -0.1) is 0 Å². The number of aliphatic hydroxyl groups is 7. The highest BCUT2D eigenvalue weighted by atomic mass is 16.7. The van der Waals surface area contributed by atoms with Crippen molar-refractivity contribution >= 4 is 0 Å². The highest BCUT2D eigenvalue weighted by Gasteiger charge is 2.46. The van der Waals surface area contributed by atoms with Gasteiger partial charge in [-0.3, -0.25) is 0 Å². The molecule has 3 aromatic rings. The lowest BCUT2D eigenvalue weighted by Crippen LogP contribution is -2.59. The monoisotopic (exact) mass is 748 g/mol. The molecule has 0 radical (unpaired) electrons. The number of aliphatic hydroxyl groups excluding tert-OH is 7. The van der Waals surface area contributed by atoms with Crippen LogP contribution in [0.2, 0.25) is 0 Å². The molecule has 1 saturated heterocycles. The third kappa shape index (κ3) is 8.36. The normalized spacial score (nSPS) is 24.8. The van der Waals surface area contributed by atoms with Gasteiger partial charge in [0.25, 0.3) is 0 Å². The second-order valence-corrected chi connectivity index (χ2v) is 12.7. The maximum absolute atomic E-state index is 11.2. The molecule has 53 heavy (non-hydrogen) atoms. The number of phenolic OH excluding ortho intramolecular Hbond substituents is 1. The smallest absolute Gasteiger partial charge is 0.204 e. The van der Waals surface area contributed by atoms with Gasteiger partial charge in [0.1, 0.15) is 36.6 Å². The van der Waals surface area contributed by atoms with Gasteiger partial charge in [0, 0.05) is 17.7 Å². The highest BCUT2D eigenvalue weighted by Crippen LogP contribution is 2.53. The van der Waals surface area contributed by atoms with Crippen molar-refractivity contribution in [3.8, 4) is 40.2 Å². The summed E-state index contributed by atoms with van der Waals surface area (Å²) in [5.41, 5.74) is 2.36. The molecule has 1 fully saturated rings. The van der Waals surface area contributed by atoms with Crippen molar-refractivity contribution in [2.75, 3.05) is 54.9 Å². The van der Waals surface area contributed by atoms with Gasteiger partial charge in [-0.1, -0.05) is 12.1 Å².